The molecule has 4 nitrogen and oxygen atoms in total. The highest BCUT2D eigenvalue weighted by atomic mass is 16.3. The molecule has 2 unspecified atom stereocenters. The number of aliphatic hydroxyl groups excluding tert-OH is 1. The van der Waals surface area contributed by atoms with E-state index in [4.69, 9.17) is 5.11 Å². The van der Waals surface area contributed by atoms with Gasteiger partial charge in [0.1, 0.15) is 0 Å². The second-order valence-electron chi connectivity index (χ2n) is 3.27. The van der Waals surface area contributed by atoms with Crippen LogP contribution in [0.1, 0.15) is 13.3 Å². The van der Waals surface area contributed by atoms with Gasteiger partial charge in [-0.25, -0.2) is 0 Å². The lowest BCUT2D eigenvalue weighted by molar-refractivity contribution is -0.137. The molecule has 0 saturated carbocycles. The van der Waals surface area contributed by atoms with Crippen LogP contribution in [0.15, 0.2) is 0 Å². The Balaban J connectivity index is 2.53. The Morgan fingerprint density at radius 3 is 3.00 bits per heavy atom. The van der Waals surface area contributed by atoms with Crippen molar-refractivity contribution in [2.24, 2.45) is 0 Å². The first-order valence-corrected chi connectivity index (χ1v) is 4.27. The zero-order valence-corrected chi connectivity index (χ0v) is 7.58. The fourth-order valence-electron chi connectivity index (χ4n) is 1.35. The minimum Gasteiger partial charge on any atom is -0.396 e. The molecule has 1 rings (SSSR count). The van der Waals surface area contributed by atoms with Crippen LogP contribution >= 0.6 is 0 Å². The Morgan fingerprint density at radius 2 is 2.42 bits per heavy atom. The number of amides is 1. The summed E-state index contributed by atoms with van der Waals surface area (Å²) in [6, 6.07) is 0.0728. The predicted molar refractivity (Wildman–Crippen MR) is 45.7 cm³/mol. The number of nitrogens with zero attached hydrogens (tertiary/aromatic N) is 1. The van der Waals surface area contributed by atoms with Gasteiger partial charge in [-0.1, -0.05) is 0 Å². The molecular weight excluding hydrogens is 156 g/mol. The van der Waals surface area contributed by atoms with E-state index >= 15 is 0 Å². The molecule has 1 amide bonds. The zero-order valence-electron chi connectivity index (χ0n) is 7.58. The van der Waals surface area contributed by atoms with E-state index in [1.165, 1.54) is 0 Å². The fraction of sp³-hybridized carbons (Fsp3) is 0.875. The van der Waals surface area contributed by atoms with Crippen molar-refractivity contribution >= 4 is 5.91 Å². The lowest BCUT2D eigenvalue weighted by Crippen LogP contribution is -2.57. The van der Waals surface area contributed by atoms with Gasteiger partial charge in [0.05, 0.1) is 6.04 Å². The lowest BCUT2D eigenvalue weighted by atomic mass is 10.1. The van der Waals surface area contributed by atoms with E-state index in [9.17, 15) is 4.79 Å². The number of nitrogens with one attached hydrogen (secondary N) is 1. The van der Waals surface area contributed by atoms with Crippen LogP contribution in [0.5, 0.6) is 0 Å². The number of hydrogen-bond donors (Lipinski definition) is 2. The Bertz CT molecular complexity index is 172. The minimum absolute atomic E-state index is 0.0611. The van der Waals surface area contributed by atoms with Crippen LogP contribution in [0.25, 0.3) is 0 Å². The van der Waals surface area contributed by atoms with Gasteiger partial charge in [0.15, 0.2) is 0 Å². The summed E-state index contributed by atoms with van der Waals surface area (Å²) in [6.07, 6.45) is 0.510. The number of carbonyl (C=O) groups excluding carboxylic acids is 1. The summed E-state index contributed by atoms with van der Waals surface area (Å²) >= 11 is 0. The van der Waals surface area contributed by atoms with Crippen LogP contribution < -0.4 is 5.32 Å². The van der Waals surface area contributed by atoms with Gasteiger partial charge in [0, 0.05) is 26.2 Å². The molecule has 1 aliphatic rings. The Morgan fingerprint density at radius 1 is 1.75 bits per heavy atom. The number of carbonyl (C=O) groups is 1. The summed E-state index contributed by atoms with van der Waals surface area (Å²) in [5.41, 5.74) is 0. The Labute approximate surface area is 72.6 Å². The van der Waals surface area contributed by atoms with E-state index in [1.807, 2.05) is 6.92 Å². The third-order valence-electron chi connectivity index (χ3n) is 2.38. The molecule has 0 spiro atoms. The van der Waals surface area contributed by atoms with Crippen molar-refractivity contribution in [3.63, 3.8) is 0 Å². The van der Waals surface area contributed by atoms with Crippen molar-refractivity contribution in [2.45, 2.75) is 25.4 Å². The topological polar surface area (TPSA) is 52.6 Å². The third-order valence-corrected chi connectivity index (χ3v) is 2.38. The van der Waals surface area contributed by atoms with E-state index in [0.717, 1.165) is 6.54 Å². The maximum absolute atomic E-state index is 11.5. The SMILES string of the molecule is CC1CNC(CCO)C(=O)N1C. The van der Waals surface area contributed by atoms with Crippen molar-refractivity contribution in [3.8, 4) is 0 Å². The van der Waals surface area contributed by atoms with Crippen LogP contribution in [-0.4, -0.2) is 48.2 Å². The Hall–Kier alpha value is -0.610. The van der Waals surface area contributed by atoms with Crippen molar-refractivity contribution in [2.75, 3.05) is 20.2 Å². The molecule has 0 radical (unpaired) electrons. The second-order valence-corrected chi connectivity index (χ2v) is 3.27. The summed E-state index contributed by atoms with van der Waals surface area (Å²) in [6.45, 7) is 2.87. The van der Waals surface area contributed by atoms with Gasteiger partial charge in [0.2, 0.25) is 5.91 Å². The van der Waals surface area contributed by atoms with Gasteiger partial charge in [-0.2, -0.15) is 0 Å². The number of piperazine rings is 1. The molecule has 1 aliphatic heterocycles. The van der Waals surface area contributed by atoms with E-state index in [0.29, 0.717) is 6.42 Å². The van der Waals surface area contributed by atoms with Crippen molar-refractivity contribution in [3.05, 3.63) is 0 Å². The number of likely N-dealkylation sites (N-methyl/N-ethyl adjacent to an activating group) is 1. The molecule has 4 heteroatoms. The van der Waals surface area contributed by atoms with Crippen LogP contribution in [0.3, 0.4) is 0 Å². The van der Waals surface area contributed by atoms with E-state index in [2.05, 4.69) is 5.32 Å². The molecule has 1 heterocycles. The number of hydrogen-bond acceptors (Lipinski definition) is 3. The molecule has 0 bridgehead atoms. The minimum atomic E-state index is -0.184. The largest absolute Gasteiger partial charge is 0.396 e. The highest BCUT2D eigenvalue weighted by Crippen LogP contribution is 2.07. The third kappa shape index (κ3) is 1.76. The van der Waals surface area contributed by atoms with E-state index in [-0.39, 0.29) is 24.6 Å². The molecule has 2 N–H and O–H groups in total. The summed E-state index contributed by atoms with van der Waals surface area (Å²) in [5, 5.41) is 11.8. The molecule has 0 aromatic rings. The summed E-state index contributed by atoms with van der Waals surface area (Å²) in [7, 11) is 1.80. The summed E-state index contributed by atoms with van der Waals surface area (Å²) in [5.74, 6) is 0.0859. The molecule has 0 aromatic carbocycles. The molecule has 0 aromatic heterocycles. The first-order valence-electron chi connectivity index (χ1n) is 4.27. The fourth-order valence-corrected chi connectivity index (χ4v) is 1.35. The van der Waals surface area contributed by atoms with Gasteiger partial charge in [-0.3, -0.25) is 4.79 Å². The van der Waals surface area contributed by atoms with Gasteiger partial charge < -0.3 is 15.3 Å². The van der Waals surface area contributed by atoms with Crippen molar-refractivity contribution in [1.29, 1.82) is 0 Å². The van der Waals surface area contributed by atoms with Gasteiger partial charge >= 0.3 is 0 Å². The normalized spacial score (nSPS) is 30.9. The highest BCUT2D eigenvalue weighted by Gasteiger charge is 2.29. The van der Waals surface area contributed by atoms with Crippen molar-refractivity contribution in [1.82, 2.24) is 10.2 Å². The van der Waals surface area contributed by atoms with E-state index in [1.54, 1.807) is 11.9 Å². The molecule has 2 atom stereocenters. The van der Waals surface area contributed by atoms with Crippen LogP contribution in [0.4, 0.5) is 0 Å². The summed E-state index contributed by atoms with van der Waals surface area (Å²) in [4.78, 5) is 13.2. The average molecular weight is 172 g/mol. The molecule has 0 aliphatic carbocycles. The van der Waals surface area contributed by atoms with Crippen LogP contribution in [0, 0.1) is 0 Å². The predicted octanol–water partition coefficient (Wildman–Crippen LogP) is -0.812. The summed E-state index contributed by atoms with van der Waals surface area (Å²) < 4.78 is 0. The molecule has 12 heavy (non-hydrogen) atoms. The monoisotopic (exact) mass is 172 g/mol. The maximum atomic E-state index is 11.5. The van der Waals surface area contributed by atoms with E-state index < -0.39 is 0 Å². The number of aliphatic hydroxyl groups is 1. The standard InChI is InChI=1S/C8H16N2O2/c1-6-5-9-7(3-4-11)8(12)10(6)2/h6-7,9,11H,3-5H2,1-2H3. The lowest BCUT2D eigenvalue weighted by Gasteiger charge is -2.35. The Kier molecular flexibility index (Phi) is 3.05. The highest BCUT2D eigenvalue weighted by molar-refractivity contribution is 5.82. The molecular formula is C8H16N2O2. The maximum Gasteiger partial charge on any atom is 0.239 e. The van der Waals surface area contributed by atoms with Gasteiger partial charge in [-0.15, -0.1) is 0 Å². The second kappa shape index (κ2) is 3.87. The molecule has 1 fully saturated rings. The first-order chi connectivity index (χ1) is 5.66. The molecule has 70 valence electrons. The smallest absolute Gasteiger partial charge is 0.239 e. The van der Waals surface area contributed by atoms with Gasteiger partial charge in [0.25, 0.3) is 0 Å². The average Bonchev–Trinajstić information content (AvgIpc) is 2.07. The van der Waals surface area contributed by atoms with Crippen LogP contribution in [0.2, 0.25) is 0 Å². The van der Waals surface area contributed by atoms with Crippen molar-refractivity contribution < 1.29 is 9.90 Å². The van der Waals surface area contributed by atoms with Crippen LogP contribution in [-0.2, 0) is 4.79 Å². The first kappa shape index (κ1) is 9.48. The molecule has 1 saturated heterocycles. The number of rotatable bonds is 2. The quantitative estimate of drug-likeness (QED) is 0.572. The zero-order chi connectivity index (χ0) is 9.14. The van der Waals surface area contributed by atoms with Gasteiger partial charge in [-0.05, 0) is 13.3 Å².